The molecule has 0 amide bonds. The normalized spacial score (nSPS) is 10.7. The van der Waals surface area contributed by atoms with Crippen LogP contribution in [-0.2, 0) is 0 Å². The molecule has 130 valence electrons. The monoisotopic (exact) mass is 348 g/mol. The van der Waals surface area contributed by atoms with E-state index in [-0.39, 0.29) is 11.5 Å². The standard InChI is InChI=1S/C22H17FO3/c1-25-18-11-9-17(10-12-18)21(24)14-8-16-7-13-20(23)22(15-16)26-19-5-3-2-4-6-19/h2-15H,1H3/b14-8+. The SMILES string of the molecule is COc1ccc(C(=O)/C=C/c2ccc(F)c(Oc3ccccc3)c2)cc1. The Morgan fingerprint density at radius 3 is 2.35 bits per heavy atom. The van der Waals surface area contributed by atoms with Gasteiger partial charge in [-0.1, -0.05) is 30.3 Å². The van der Waals surface area contributed by atoms with E-state index in [2.05, 4.69) is 0 Å². The highest BCUT2D eigenvalue weighted by molar-refractivity contribution is 6.06. The highest BCUT2D eigenvalue weighted by Crippen LogP contribution is 2.26. The zero-order valence-corrected chi connectivity index (χ0v) is 14.2. The van der Waals surface area contributed by atoms with E-state index in [1.54, 1.807) is 61.7 Å². The van der Waals surface area contributed by atoms with E-state index in [1.807, 2.05) is 18.2 Å². The molecular formula is C22H17FO3. The number of hydrogen-bond donors (Lipinski definition) is 0. The molecule has 0 saturated heterocycles. The molecule has 4 heteroatoms. The van der Waals surface area contributed by atoms with Crippen LogP contribution in [-0.4, -0.2) is 12.9 Å². The minimum absolute atomic E-state index is 0.107. The maximum atomic E-state index is 14.0. The van der Waals surface area contributed by atoms with E-state index in [4.69, 9.17) is 9.47 Å². The number of rotatable bonds is 6. The number of para-hydroxylation sites is 1. The summed E-state index contributed by atoms with van der Waals surface area (Å²) in [6.45, 7) is 0. The Morgan fingerprint density at radius 2 is 1.65 bits per heavy atom. The van der Waals surface area contributed by atoms with Gasteiger partial charge >= 0.3 is 0 Å². The molecule has 26 heavy (non-hydrogen) atoms. The Morgan fingerprint density at radius 1 is 0.923 bits per heavy atom. The number of allylic oxidation sites excluding steroid dienone is 1. The van der Waals surface area contributed by atoms with Gasteiger partial charge in [0.1, 0.15) is 11.5 Å². The van der Waals surface area contributed by atoms with Gasteiger partial charge in [0.05, 0.1) is 7.11 Å². The molecule has 3 aromatic rings. The topological polar surface area (TPSA) is 35.5 Å². The quantitative estimate of drug-likeness (QED) is 0.434. The fourth-order valence-corrected chi connectivity index (χ4v) is 2.34. The number of carbonyl (C=O) groups is 1. The van der Waals surface area contributed by atoms with Gasteiger partial charge in [0.25, 0.3) is 0 Å². The maximum absolute atomic E-state index is 14.0. The van der Waals surface area contributed by atoms with Gasteiger partial charge in [0.2, 0.25) is 0 Å². The zero-order chi connectivity index (χ0) is 18.4. The van der Waals surface area contributed by atoms with Crippen molar-refractivity contribution in [2.75, 3.05) is 7.11 Å². The van der Waals surface area contributed by atoms with Gasteiger partial charge in [-0.15, -0.1) is 0 Å². The molecule has 0 saturated carbocycles. The number of ether oxygens (including phenoxy) is 2. The number of benzene rings is 3. The summed E-state index contributed by atoms with van der Waals surface area (Å²) in [5, 5.41) is 0. The third kappa shape index (κ3) is 4.36. The van der Waals surface area contributed by atoms with E-state index in [1.165, 1.54) is 12.1 Å². The van der Waals surface area contributed by atoms with Crippen molar-refractivity contribution in [3.8, 4) is 17.2 Å². The van der Waals surface area contributed by atoms with E-state index >= 15 is 0 Å². The Hall–Kier alpha value is -3.40. The van der Waals surface area contributed by atoms with Crippen molar-refractivity contribution in [3.05, 3.63) is 95.8 Å². The first-order valence-corrected chi connectivity index (χ1v) is 8.04. The van der Waals surface area contributed by atoms with Gasteiger partial charge < -0.3 is 9.47 Å². The van der Waals surface area contributed by atoms with Crippen LogP contribution in [0.2, 0.25) is 0 Å². The molecule has 0 N–H and O–H groups in total. The molecule has 3 rings (SSSR count). The number of methoxy groups -OCH3 is 1. The van der Waals surface area contributed by atoms with Crippen molar-refractivity contribution in [1.82, 2.24) is 0 Å². The predicted molar refractivity (Wildman–Crippen MR) is 99.3 cm³/mol. The third-order valence-electron chi connectivity index (χ3n) is 3.73. The second kappa shape index (κ2) is 8.12. The second-order valence-corrected chi connectivity index (χ2v) is 5.53. The Labute approximate surface area is 151 Å². The van der Waals surface area contributed by atoms with Crippen molar-refractivity contribution in [2.24, 2.45) is 0 Å². The van der Waals surface area contributed by atoms with Crippen molar-refractivity contribution < 1.29 is 18.7 Å². The number of carbonyl (C=O) groups excluding carboxylic acids is 1. The van der Waals surface area contributed by atoms with Gasteiger partial charge in [-0.25, -0.2) is 4.39 Å². The molecule has 0 radical (unpaired) electrons. The average Bonchev–Trinajstić information content (AvgIpc) is 2.69. The van der Waals surface area contributed by atoms with Crippen LogP contribution in [0.4, 0.5) is 4.39 Å². The first-order valence-electron chi connectivity index (χ1n) is 8.04. The molecule has 0 spiro atoms. The van der Waals surface area contributed by atoms with Crippen LogP contribution in [0.15, 0.2) is 78.9 Å². The molecular weight excluding hydrogens is 331 g/mol. The zero-order valence-electron chi connectivity index (χ0n) is 14.2. The maximum Gasteiger partial charge on any atom is 0.185 e. The lowest BCUT2D eigenvalue weighted by Crippen LogP contribution is -1.94. The van der Waals surface area contributed by atoms with E-state index in [0.29, 0.717) is 22.6 Å². The molecule has 0 unspecified atom stereocenters. The lowest BCUT2D eigenvalue weighted by molar-refractivity contribution is 0.104. The van der Waals surface area contributed by atoms with Crippen LogP contribution in [0.3, 0.4) is 0 Å². The first-order chi connectivity index (χ1) is 12.7. The summed E-state index contributed by atoms with van der Waals surface area (Å²) in [6, 6.07) is 20.3. The summed E-state index contributed by atoms with van der Waals surface area (Å²) in [7, 11) is 1.57. The molecule has 0 aliphatic heterocycles. The first kappa shape index (κ1) is 17.4. The van der Waals surface area contributed by atoms with E-state index < -0.39 is 5.82 Å². The fourth-order valence-electron chi connectivity index (χ4n) is 2.34. The third-order valence-corrected chi connectivity index (χ3v) is 3.73. The second-order valence-electron chi connectivity index (χ2n) is 5.53. The molecule has 3 nitrogen and oxygen atoms in total. The Balaban J connectivity index is 1.75. The average molecular weight is 348 g/mol. The predicted octanol–water partition coefficient (Wildman–Crippen LogP) is 5.52. The molecule has 0 aliphatic carbocycles. The van der Waals surface area contributed by atoms with Crippen LogP contribution in [0.1, 0.15) is 15.9 Å². The molecule has 0 aliphatic rings. The molecule has 3 aromatic carbocycles. The highest BCUT2D eigenvalue weighted by Gasteiger charge is 2.06. The van der Waals surface area contributed by atoms with Gasteiger partial charge in [-0.3, -0.25) is 4.79 Å². The van der Waals surface area contributed by atoms with Crippen LogP contribution in [0, 0.1) is 5.82 Å². The largest absolute Gasteiger partial charge is 0.497 e. The van der Waals surface area contributed by atoms with Crippen molar-refractivity contribution in [1.29, 1.82) is 0 Å². The molecule has 0 heterocycles. The van der Waals surface area contributed by atoms with Crippen LogP contribution >= 0.6 is 0 Å². The van der Waals surface area contributed by atoms with Crippen LogP contribution < -0.4 is 9.47 Å². The summed E-state index contributed by atoms with van der Waals surface area (Å²) >= 11 is 0. The minimum atomic E-state index is -0.465. The van der Waals surface area contributed by atoms with Crippen molar-refractivity contribution in [2.45, 2.75) is 0 Å². The molecule has 0 fully saturated rings. The summed E-state index contributed by atoms with van der Waals surface area (Å²) < 4.78 is 24.6. The van der Waals surface area contributed by atoms with Crippen LogP contribution in [0.5, 0.6) is 17.2 Å². The van der Waals surface area contributed by atoms with Gasteiger partial charge in [0.15, 0.2) is 17.3 Å². The number of hydrogen-bond acceptors (Lipinski definition) is 3. The summed E-state index contributed by atoms with van der Waals surface area (Å²) in [5.74, 6) is 0.721. The highest BCUT2D eigenvalue weighted by atomic mass is 19.1. The van der Waals surface area contributed by atoms with Crippen molar-refractivity contribution >= 4 is 11.9 Å². The summed E-state index contributed by atoms with van der Waals surface area (Å²) in [5.41, 5.74) is 1.21. The van der Waals surface area contributed by atoms with E-state index in [9.17, 15) is 9.18 Å². The lowest BCUT2D eigenvalue weighted by Gasteiger charge is -2.07. The van der Waals surface area contributed by atoms with Crippen molar-refractivity contribution in [3.63, 3.8) is 0 Å². The lowest BCUT2D eigenvalue weighted by atomic mass is 10.1. The summed E-state index contributed by atoms with van der Waals surface area (Å²) in [4.78, 5) is 12.2. The smallest absolute Gasteiger partial charge is 0.185 e. The molecule has 0 aromatic heterocycles. The summed E-state index contributed by atoms with van der Waals surface area (Å²) in [6.07, 6.45) is 3.07. The minimum Gasteiger partial charge on any atom is -0.497 e. The van der Waals surface area contributed by atoms with Gasteiger partial charge in [-0.05, 0) is 60.2 Å². The Kier molecular flexibility index (Phi) is 5.44. The number of ketones is 1. The van der Waals surface area contributed by atoms with Gasteiger partial charge in [-0.2, -0.15) is 0 Å². The van der Waals surface area contributed by atoms with Crippen LogP contribution in [0.25, 0.3) is 6.08 Å². The van der Waals surface area contributed by atoms with E-state index in [0.717, 1.165) is 0 Å². The van der Waals surface area contributed by atoms with Gasteiger partial charge in [0, 0.05) is 5.56 Å². The number of halogens is 1. The fraction of sp³-hybridized carbons (Fsp3) is 0.0455. The molecule has 0 bridgehead atoms. The molecule has 0 atom stereocenters. The Bertz CT molecular complexity index is 916.